The zero-order valence-electron chi connectivity index (χ0n) is 17.8. The number of amides is 1. The maximum absolute atomic E-state index is 12.5. The number of para-hydroxylation sites is 3. The van der Waals surface area contributed by atoms with Crippen LogP contribution in [0.4, 0.5) is 0 Å². The second-order valence-corrected chi connectivity index (χ2v) is 7.53. The van der Waals surface area contributed by atoms with Gasteiger partial charge in [-0.05, 0) is 42.5 Å². The first kappa shape index (κ1) is 20.5. The molecule has 0 saturated carbocycles. The third kappa shape index (κ3) is 4.77. The summed E-state index contributed by atoms with van der Waals surface area (Å²) in [6.07, 6.45) is 8.39. The van der Waals surface area contributed by atoms with E-state index in [0.29, 0.717) is 18.9 Å². The van der Waals surface area contributed by atoms with Crippen LogP contribution in [-0.4, -0.2) is 39.9 Å². The first-order valence-electron chi connectivity index (χ1n) is 10.7. The van der Waals surface area contributed by atoms with Gasteiger partial charge in [0.25, 0.3) is 0 Å². The highest BCUT2D eigenvalue weighted by molar-refractivity contribution is 5.92. The van der Waals surface area contributed by atoms with Crippen LogP contribution in [0.5, 0.6) is 11.5 Å². The minimum atomic E-state index is -0.246. The van der Waals surface area contributed by atoms with Crippen LogP contribution in [0.25, 0.3) is 23.0 Å². The van der Waals surface area contributed by atoms with Crippen LogP contribution in [0.15, 0.2) is 91.4 Å². The molecule has 0 fully saturated rings. The number of carbonyl (C=O) groups excluding carboxylic acids is 1. The summed E-state index contributed by atoms with van der Waals surface area (Å²) in [4.78, 5) is 16.7. The fourth-order valence-electron chi connectivity index (χ4n) is 3.55. The van der Waals surface area contributed by atoms with E-state index in [-0.39, 0.29) is 12.0 Å². The molecule has 1 aliphatic heterocycles. The second kappa shape index (κ2) is 9.40. The van der Waals surface area contributed by atoms with Gasteiger partial charge in [-0.25, -0.2) is 4.68 Å². The lowest BCUT2D eigenvalue weighted by molar-refractivity contribution is -0.116. The van der Waals surface area contributed by atoms with Gasteiger partial charge in [-0.1, -0.05) is 30.3 Å². The number of pyridine rings is 1. The van der Waals surface area contributed by atoms with Crippen LogP contribution in [-0.2, 0) is 4.79 Å². The van der Waals surface area contributed by atoms with Gasteiger partial charge in [-0.15, -0.1) is 0 Å². The topological polar surface area (TPSA) is 78.3 Å². The quantitative estimate of drug-likeness (QED) is 0.462. The summed E-state index contributed by atoms with van der Waals surface area (Å²) >= 11 is 0. The molecular formula is C26H22N4O3. The normalized spacial score (nSPS) is 14.8. The lowest BCUT2D eigenvalue weighted by Gasteiger charge is -2.26. The first-order chi connectivity index (χ1) is 16.3. The monoisotopic (exact) mass is 438 g/mol. The molecule has 0 radical (unpaired) electrons. The zero-order valence-corrected chi connectivity index (χ0v) is 17.8. The smallest absolute Gasteiger partial charge is 0.244 e. The van der Waals surface area contributed by atoms with Crippen molar-refractivity contribution in [2.24, 2.45) is 0 Å². The predicted molar refractivity (Wildman–Crippen MR) is 125 cm³/mol. The Balaban J connectivity index is 1.29. The average Bonchev–Trinajstić information content (AvgIpc) is 3.31. The van der Waals surface area contributed by atoms with Gasteiger partial charge in [0.1, 0.15) is 18.4 Å². The number of carbonyl (C=O) groups is 1. The molecule has 1 aliphatic rings. The fraction of sp³-hybridized carbons (Fsp3) is 0.115. The van der Waals surface area contributed by atoms with E-state index in [1.165, 1.54) is 6.08 Å². The molecule has 2 aromatic heterocycles. The van der Waals surface area contributed by atoms with E-state index in [2.05, 4.69) is 10.3 Å². The molecule has 1 N–H and O–H groups in total. The molecule has 1 atom stereocenters. The van der Waals surface area contributed by atoms with E-state index < -0.39 is 0 Å². The Morgan fingerprint density at radius 3 is 2.70 bits per heavy atom. The van der Waals surface area contributed by atoms with Gasteiger partial charge in [0.05, 0.1) is 12.2 Å². The van der Waals surface area contributed by atoms with Crippen molar-refractivity contribution < 1.29 is 14.3 Å². The van der Waals surface area contributed by atoms with Crippen LogP contribution in [0.2, 0.25) is 0 Å². The van der Waals surface area contributed by atoms with Gasteiger partial charge >= 0.3 is 0 Å². The van der Waals surface area contributed by atoms with Crippen LogP contribution in [0, 0.1) is 0 Å². The molecule has 0 saturated heterocycles. The van der Waals surface area contributed by atoms with E-state index >= 15 is 0 Å². The van der Waals surface area contributed by atoms with E-state index in [0.717, 1.165) is 28.3 Å². The molecule has 33 heavy (non-hydrogen) atoms. The average molecular weight is 438 g/mol. The van der Waals surface area contributed by atoms with E-state index in [4.69, 9.17) is 14.6 Å². The maximum Gasteiger partial charge on any atom is 0.244 e. The van der Waals surface area contributed by atoms with Gasteiger partial charge < -0.3 is 14.8 Å². The van der Waals surface area contributed by atoms with Crippen molar-refractivity contribution in [3.05, 3.63) is 97.0 Å². The number of rotatable bonds is 6. The SMILES string of the molecule is O=C(/C=C/c1cn(-c2ccccc2)nc1-c1cccnc1)NCC1COc2ccccc2O1. The molecule has 0 aliphatic carbocycles. The number of ether oxygens (including phenoxy) is 2. The fourth-order valence-corrected chi connectivity index (χ4v) is 3.55. The number of nitrogens with zero attached hydrogens (tertiary/aromatic N) is 3. The first-order valence-corrected chi connectivity index (χ1v) is 10.7. The number of fused-ring (bicyclic) bond motifs is 1. The molecule has 3 heterocycles. The van der Waals surface area contributed by atoms with E-state index in [1.54, 1.807) is 23.2 Å². The van der Waals surface area contributed by atoms with Gasteiger partial charge in [0.2, 0.25) is 5.91 Å². The predicted octanol–water partition coefficient (Wildman–Crippen LogP) is 3.90. The van der Waals surface area contributed by atoms with Gasteiger partial charge in [-0.2, -0.15) is 5.10 Å². The van der Waals surface area contributed by atoms with Crippen molar-refractivity contribution in [1.29, 1.82) is 0 Å². The molecule has 5 rings (SSSR count). The number of aromatic nitrogens is 3. The third-order valence-electron chi connectivity index (χ3n) is 5.18. The molecule has 4 aromatic rings. The standard InChI is InChI=1S/C26H22N4O3/c31-25(28-16-22-18-32-23-10-4-5-11-24(23)33-22)13-12-20-17-30(21-8-2-1-3-9-21)29-26(20)19-7-6-14-27-15-19/h1-15,17,22H,16,18H2,(H,28,31)/b13-12+. The van der Waals surface area contributed by atoms with Crippen LogP contribution < -0.4 is 14.8 Å². The Morgan fingerprint density at radius 1 is 1.06 bits per heavy atom. The number of benzene rings is 2. The Hall–Kier alpha value is -4.39. The number of nitrogens with one attached hydrogen (secondary N) is 1. The molecule has 1 unspecified atom stereocenters. The van der Waals surface area contributed by atoms with Crippen molar-refractivity contribution in [2.75, 3.05) is 13.2 Å². The summed E-state index contributed by atoms with van der Waals surface area (Å²) in [5.74, 6) is 1.19. The third-order valence-corrected chi connectivity index (χ3v) is 5.18. The Labute approximate surface area is 191 Å². The highest BCUT2D eigenvalue weighted by atomic mass is 16.6. The van der Waals surface area contributed by atoms with Crippen LogP contribution in [0.1, 0.15) is 5.56 Å². The largest absolute Gasteiger partial charge is 0.486 e. The lowest BCUT2D eigenvalue weighted by Crippen LogP contribution is -2.40. The molecule has 7 nitrogen and oxygen atoms in total. The molecule has 0 bridgehead atoms. The van der Waals surface area contributed by atoms with Crippen molar-refractivity contribution in [3.63, 3.8) is 0 Å². The van der Waals surface area contributed by atoms with Crippen molar-refractivity contribution in [2.45, 2.75) is 6.10 Å². The Kier molecular flexibility index (Phi) is 5.84. The van der Waals surface area contributed by atoms with Gasteiger partial charge in [-0.3, -0.25) is 9.78 Å². The zero-order chi connectivity index (χ0) is 22.5. The minimum absolute atomic E-state index is 0.220. The Bertz CT molecular complexity index is 1270. The number of hydrogen-bond donors (Lipinski definition) is 1. The summed E-state index contributed by atoms with van der Waals surface area (Å²) in [6, 6.07) is 21.1. The molecule has 7 heteroatoms. The summed E-state index contributed by atoms with van der Waals surface area (Å²) in [5.41, 5.74) is 3.37. The highest BCUT2D eigenvalue weighted by Crippen LogP contribution is 2.30. The Morgan fingerprint density at radius 2 is 1.88 bits per heavy atom. The molecule has 0 spiro atoms. The van der Waals surface area contributed by atoms with E-state index in [1.807, 2.05) is 72.9 Å². The van der Waals surface area contributed by atoms with Crippen LogP contribution >= 0.6 is 0 Å². The van der Waals surface area contributed by atoms with Gasteiger partial charge in [0.15, 0.2) is 11.5 Å². The summed E-state index contributed by atoms with van der Waals surface area (Å²) in [5, 5.41) is 7.61. The van der Waals surface area contributed by atoms with Gasteiger partial charge in [0, 0.05) is 35.8 Å². The van der Waals surface area contributed by atoms with Crippen molar-refractivity contribution >= 4 is 12.0 Å². The molecule has 164 valence electrons. The molecular weight excluding hydrogens is 416 g/mol. The molecule has 1 amide bonds. The molecule has 2 aromatic carbocycles. The summed E-state index contributed by atoms with van der Waals surface area (Å²) in [7, 11) is 0. The highest BCUT2D eigenvalue weighted by Gasteiger charge is 2.20. The van der Waals surface area contributed by atoms with E-state index in [9.17, 15) is 4.79 Å². The summed E-state index contributed by atoms with van der Waals surface area (Å²) < 4.78 is 13.4. The maximum atomic E-state index is 12.5. The van der Waals surface area contributed by atoms with Crippen molar-refractivity contribution in [1.82, 2.24) is 20.1 Å². The number of hydrogen-bond acceptors (Lipinski definition) is 5. The minimum Gasteiger partial charge on any atom is -0.486 e. The lowest BCUT2D eigenvalue weighted by atomic mass is 10.1. The van der Waals surface area contributed by atoms with Crippen molar-refractivity contribution in [3.8, 4) is 28.4 Å². The second-order valence-electron chi connectivity index (χ2n) is 7.53. The van der Waals surface area contributed by atoms with Crippen LogP contribution in [0.3, 0.4) is 0 Å². The summed E-state index contributed by atoms with van der Waals surface area (Å²) in [6.45, 7) is 0.728.